The van der Waals surface area contributed by atoms with Gasteiger partial charge in [0.15, 0.2) is 0 Å². The van der Waals surface area contributed by atoms with E-state index in [0.29, 0.717) is 0 Å². The molecule has 0 heteroatoms. The van der Waals surface area contributed by atoms with E-state index in [0.717, 1.165) is 19.3 Å². The van der Waals surface area contributed by atoms with E-state index in [-0.39, 0.29) is 0 Å². The number of hydrogen-bond donors (Lipinski definition) is 0. The lowest BCUT2D eigenvalue weighted by atomic mass is 10.0. The summed E-state index contributed by atoms with van der Waals surface area (Å²) in [4.78, 5) is 0. The van der Waals surface area contributed by atoms with Gasteiger partial charge in [0.2, 0.25) is 0 Å². The third kappa shape index (κ3) is 15.1. The summed E-state index contributed by atoms with van der Waals surface area (Å²) in [7, 11) is 0. The lowest BCUT2D eigenvalue weighted by molar-refractivity contribution is 0.577. The molecule has 95 valence electrons. The van der Waals surface area contributed by atoms with Gasteiger partial charge in [-0.2, -0.15) is 0 Å². The first-order valence-corrected chi connectivity index (χ1v) is 7.10. The molecule has 0 aromatic rings. The first-order chi connectivity index (χ1) is 8.41. The summed E-state index contributed by atoms with van der Waals surface area (Å²) in [5.41, 5.74) is 0. The maximum absolute atomic E-state index is 5.20. The van der Waals surface area contributed by atoms with E-state index >= 15 is 0 Å². The first-order valence-electron chi connectivity index (χ1n) is 7.10. The Kier molecular flexibility index (Phi) is 14.3. The molecule has 0 aromatic heterocycles. The van der Waals surface area contributed by atoms with Gasteiger partial charge in [0.25, 0.3) is 0 Å². The summed E-state index contributed by atoms with van der Waals surface area (Å²) in [6.07, 6.45) is 27.6. The minimum atomic E-state index is 0.925. The summed E-state index contributed by atoms with van der Waals surface area (Å²) in [5.74, 6) is 5.37. The van der Waals surface area contributed by atoms with E-state index in [1.807, 2.05) is 0 Å². The normalized spacial score (nSPS) is 9.76. The maximum Gasteiger partial charge on any atom is 0.00861 e. The van der Waals surface area contributed by atoms with Gasteiger partial charge in [-0.25, -0.2) is 0 Å². The van der Waals surface area contributed by atoms with Crippen LogP contribution in [0.25, 0.3) is 0 Å². The second kappa shape index (κ2) is 15.1. The predicted molar refractivity (Wildman–Crippen MR) is 77.4 cm³/mol. The van der Waals surface area contributed by atoms with Crippen molar-refractivity contribution in [3.8, 4) is 24.7 Å². The lowest BCUT2D eigenvalue weighted by Crippen LogP contribution is -1.83. The predicted octanol–water partition coefficient (Wildman–Crippen LogP) is 5.14. The Hall–Kier alpha value is -0.880. The van der Waals surface area contributed by atoms with Gasteiger partial charge in [-0.15, -0.1) is 24.7 Å². The largest absolute Gasteiger partial charge is 0.120 e. The van der Waals surface area contributed by atoms with E-state index in [1.54, 1.807) is 0 Å². The molecule has 0 aliphatic carbocycles. The van der Waals surface area contributed by atoms with Gasteiger partial charge in [-0.3, -0.25) is 0 Å². The summed E-state index contributed by atoms with van der Waals surface area (Å²) < 4.78 is 0. The molecule has 0 saturated heterocycles. The molecule has 0 fully saturated rings. The molecule has 0 nitrogen and oxygen atoms in total. The SMILES string of the molecule is C#CCCC[CH]CCCCCCCCCC#C. The average molecular weight is 231 g/mol. The number of hydrogen-bond acceptors (Lipinski definition) is 0. The Bertz CT molecular complexity index is 189. The number of unbranched alkanes of at least 4 members (excludes halogenated alkanes) is 12. The van der Waals surface area contributed by atoms with Crippen LogP contribution in [-0.4, -0.2) is 0 Å². The second-order valence-corrected chi connectivity index (χ2v) is 4.60. The molecule has 0 rings (SSSR count). The number of rotatable bonds is 12. The zero-order chi connectivity index (χ0) is 12.6. The van der Waals surface area contributed by atoms with E-state index in [2.05, 4.69) is 18.3 Å². The van der Waals surface area contributed by atoms with Crippen molar-refractivity contribution in [1.82, 2.24) is 0 Å². The van der Waals surface area contributed by atoms with Gasteiger partial charge < -0.3 is 0 Å². The Morgan fingerprint density at radius 1 is 0.588 bits per heavy atom. The van der Waals surface area contributed by atoms with Crippen molar-refractivity contribution in [1.29, 1.82) is 0 Å². The summed E-state index contributed by atoms with van der Waals surface area (Å²) in [6, 6.07) is 0. The molecular weight excluding hydrogens is 204 g/mol. The highest BCUT2D eigenvalue weighted by Crippen LogP contribution is 2.11. The van der Waals surface area contributed by atoms with Crippen LogP contribution in [-0.2, 0) is 0 Å². The molecule has 0 unspecified atom stereocenters. The lowest BCUT2D eigenvalue weighted by Gasteiger charge is -2.01. The van der Waals surface area contributed by atoms with Crippen LogP contribution in [0.1, 0.15) is 77.0 Å². The van der Waals surface area contributed by atoms with Gasteiger partial charge in [-0.1, -0.05) is 44.9 Å². The minimum Gasteiger partial charge on any atom is -0.120 e. The Labute approximate surface area is 109 Å². The molecule has 0 spiro atoms. The summed E-state index contributed by atoms with van der Waals surface area (Å²) in [5, 5.41) is 0. The zero-order valence-electron chi connectivity index (χ0n) is 11.2. The average Bonchev–Trinajstić information content (AvgIpc) is 2.35. The molecule has 0 atom stereocenters. The Morgan fingerprint density at radius 2 is 1.06 bits per heavy atom. The molecule has 0 aliphatic rings. The van der Waals surface area contributed by atoms with Crippen LogP contribution in [0.5, 0.6) is 0 Å². The molecule has 1 radical (unpaired) electrons. The van der Waals surface area contributed by atoms with Crippen molar-refractivity contribution in [3.05, 3.63) is 6.42 Å². The van der Waals surface area contributed by atoms with Crippen LogP contribution >= 0.6 is 0 Å². The van der Waals surface area contributed by atoms with Crippen molar-refractivity contribution < 1.29 is 0 Å². The fourth-order valence-corrected chi connectivity index (χ4v) is 1.89. The maximum atomic E-state index is 5.20. The molecular formula is C17H27. The standard InChI is InChI=1S/C17H27/c1-3-5-7-9-11-13-15-17-16-14-12-10-8-6-4-2/h1-2,11H,5-10,12-17H2. The monoisotopic (exact) mass is 231 g/mol. The zero-order valence-corrected chi connectivity index (χ0v) is 11.2. The van der Waals surface area contributed by atoms with Crippen LogP contribution < -0.4 is 0 Å². The molecule has 0 N–H and O–H groups in total. The van der Waals surface area contributed by atoms with Crippen molar-refractivity contribution in [2.24, 2.45) is 0 Å². The molecule has 0 amide bonds. The molecule has 0 heterocycles. The third-order valence-corrected chi connectivity index (χ3v) is 2.96. The van der Waals surface area contributed by atoms with Crippen LogP contribution in [0.2, 0.25) is 0 Å². The number of terminal acetylenes is 2. The van der Waals surface area contributed by atoms with Gasteiger partial charge in [-0.05, 0) is 25.7 Å². The molecule has 17 heavy (non-hydrogen) atoms. The van der Waals surface area contributed by atoms with Crippen molar-refractivity contribution in [2.75, 3.05) is 0 Å². The van der Waals surface area contributed by atoms with E-state index in [9.17, 15) is 0 Å². The van der Waals surface area contributed by atoms with E-state index in [1.165, 1.54) is 57.8 Å². The fourth-order valence-electron chi connectivity index (χ4n) is 1.89. The smallest absolute Gasteiger partial charge is 0.00861 e. The molecule has 0 aromatic carbocycles. The highest BCUT2D eigenvalue weighted by atomic mass is 14.0. The summed E-state index contributed by atoms with van der Waals surface area (Å²) >= 11 is 0. The van der Waals surface area contributed by atoms with Crippen LogP contribution in [0.3, 0.4) is 0 Å². The van der Waals surface area contributed by atoms with Crippen LogP contribution in [0.15, 0.2) is 0 Å². The second-order valence-electron chi connectivity index (χ2n) is 4.60. The first kappa shape index (κ1) is 16.1. The minimum absolute atomic E-state index is 0.925. The van der Waals surface area contributed by atoms with Crippen molar-refractivity contribution in [2.45, 2.75) is 77.0 Å². The van der Waals surface area contributed by atoms with Gasteiger partial charge >= 0.3 is 0 Å². The van der Waals surface area contributed by atoms with Gasteiger partial charge in [0.05, 0.1) is 0 Å². The topological polar surface area (TPSA) is 0 Å². The third-order valence-electron chi connectivity index (χ3n) is 2.96. The fraction of sp³-hybridized carbons (Fsp3) is 0.706. The van der Waals surface area contributed by atoms with Crippen molar-refractivity contribution in [3.63, 3.8) is 0 Å². The Balaban J connectivity index is 2.90. The van der Waals surface area contributed by atoms with Crippen LogP contribution in [0.4, 0.5) is 0 Å². The van der Waals surface area contributed by atoms with Crippen molar-refractivity contribution >= 4 is 0 Å². The van der Waals surface area contributed by atoms with E-state index in [4.69, 9.17) is 12.8 Å². The molecule has 0 saturated carbocycles. The van der Waals surface area contributed by atoms with Gasteiger partial charge in [0.1, 0.15) is 0 Å². The van der Waals surface area contributed by atoms with Gasteiger partial charge in [0, 0.05) is 12.8 Å². The Morgan fingerprint density at radius 3 is 1.71 bits per heavy atom. The van der Waals surface area contributed by atoms with Crippen LogP contribution in [0, 0.1) is 31.1 Å². The quantitative estimate of drug-likeness (QED) is 0.322. The highest BCUT2D eigenvalue weighted by molar-refractivity contribution is 4.84. The molecule has 0 aliphatic heterocycles. The summed E-state index contributed by atoms with van der Waals surface area (Å²) in [6.45, 7) is 0. The highest BCUT2D eigenvalue weighted by Gasteiger charge is 1.93. The molecule has 0 bridgehead atoms. The van der Waals surface area contributed by atoms with E-state index < -0.39 is 0 Å².